The maximum absolute atomic E-state index is 13.6. The number of allylic oxidation sites excluding steroid dienone is 2. The number of carbonyl (C=O) groups excluding carboxylic acids is 1. The van der Waals surface area contributed by atoms with Crippen molar-refractivity contribution in [3.63, 3.8) is 0 Å². The number of aldehydes is 1. The second-order valence-electron chi connectivity index (χ2n) is 6.94. The quantitative estimate of drug-likeness (QED) is 0.275. The van der Waals surface area contributed by atoms with Gasteiger partial charge in [0, 0.05) is 5.56 Å². The number of hydrogen-bond donors (Lipinski definition) is 0. The van der Waals surface area contributed by atoms with Crippen molar-refractivity contribution in [2.75, 3.05) is 0 Å². The molecule has 0 heterocycles. The van der Waals surface area contributed by atoms with Gasteiger partial charge in [-0.15, -0.1) is 6.58 Å². The highest BCUT2D eigenvalue weighted by Gasteiger charge is 2.25. The Balaban J connectivity index is 2.67. The van der Waals surface area contributed by atoms with E-state index >= 15 is 0 Å². The van der Waals surface area contributed by atoms with Crippen LogP contribution < -0.4 is 0 Å². The zero-order valence-corrected chi connectivity index (χ0v) is 17.5. The summed E-state index contributed by atoms with van der Waals surface area (Å²) in [6.45, 7) is 7.88. The van der Waals surface area contributed by atoms with Crippen LogP contribution in [0.3, 0.4) is 0 Å². The van der Waals surface area contributed by atoms with Crippen LogP contribution >= 0.6 is 0 Å². The lowest BCUT2D eigenvalue weighted by Crippen LogP contribution is -2.08. The fraction of sp³-hybridized carbons (Fsp3) is 0.292. The summed E-state index contributed by atoms with van der Waals surface area (Å²) in [6.07, 6.45) is 6.77. The lowest BCUT2D eigenvalue weighted by Gasteiger charge is -2.16. The number of unbranched alkanes of at least 4 members (excludes halogenated alkanes) is 2. The maximum atomic E-state index is 13.6. The Kier molecular flexibility index (Phi) is 7.94. The highest BCUT2D eigenvalue weighted by atomic mass is 32.2. The molecule has 0 amide bonds. The van der Waals surface area contributed by atoms with Gasteiger partial charge in [-0.3, -0.25) is 4.79 Å². The molecule has 0 bridgehead atoms. The molecule has 0 atom stereocenters. The van der Waals surface area contributed by atoms with Crippen LogP contribution in [0.4, 0.5) is 0 Å². The molecule has 0 aliphatic carbocycles. The third-order valence-corrected chi connectivity index (χ3v) is 6.66. The molecule has 2 aromatic carbocycles. The number of hydrogen-bond acceptors (Lipinski definition) is 3. The van der Waals surface area contributed by atoms with Gasteiger partial charge in [-0.1, -0.05) is 67.8 Å². The van der Waals surface area contributed by atoms with E-state index in [4.69, 9.17) is 0 Å². The van der Waals surface area contributed by atoms with Crippen LogP contribution in [-0.2, 0) is 9.84 Å². The fourth-order valence-electron chi connectivity index (χ4n) is 3.17. The molecule has 0 fully saturated rings. The van der Waals surface area contributed by atoms with E-state index in [1.807, 2.05) is 19.1 Å². The van der Waals surface area contributed by atoms with Gasteiger partial charge in [-0.2, -0.15) is 0 Å². The number of rotatable bonds is 10. The molecule has 28 heavy (non-hydrogen) atoms. The maximum Gasteiger partial charge on any atom is 0.207 e. The van der Waals surface area contributed by atoms with Crippen LogP contribution in [0.25, 0.3) is 4.91 Å². The van der Waals surface area contributed by atoms with Gasteiger partial charge in [0.2, 0.25) is 9.84 Å². The summed E-state index contributed by atoms with van der Waals surface area (Å²) in [5.41, 5.74) is 3.00. The van der Waals surface area contributed by atoms with E-state index < -0.39 is 9.84 Å². The van der Waals surface area contributed by atoms with Crippen LogP contribution in [0.15, 0.2) is 71.7 Å². The minimum Gasteiger partial charge on any atom is -0.298 e. The number of benzene rings is 2. The van der Waals surface area contributed by atoms with Crippen LogP contribution in [0.2, 0.25) is 0 Å². The van der Waals surface area contributed by atoms with Crippen molar-refractivity contribution in [2.45, 2.75) is 50.8 Å². The molecule has 4 heteroatoms. The molecule has 0 aliphatic rings. The van der Waals surface area contributed by atoms with Crippen LogP contribution in [0.1, 0.15) is 60.5 Å². The molecule has 0 N–H and O–H groups in total. The van der Waals surface area contributed by atoms with Crippen molar-refractivity contribution in [3.8, 4) is 0 Å². The Morgan fingerprint density at radius 3 is 2.18 bits per heavy atom. The van der Waals surface area contributed by atoms with Gasteiger partial charge in [0.05, 0.1) is 9.80 Å². The number of sulfone groups is 1. The van der Waals surface area contributed by atoms with E-state index in [1.165, 1.54) is 0 Å². The van der Waals surface area contributed by atoms with Crippen LogP contribution in [0.5, 0.6) is 0 Å². The molecule has 0 saturated heterocycles. The minimum atomic E-state index is -3.71. The molecule has 0 saturated carbocycles. The van der Waals surface area contributed by atoms with Gasteiger partial charge >= 0.3 is 0 Å². The molecule has 2 rings (SSSR count). The monoisotopic (exact) mass is 396 g/mol. The predicted octanol–water partition coefficient (Wildman–Crippen LogP) is 6.15. The third kappa shape index (κ3) is 5.29. The van der Waals surface area contributed by atoms with Gasteiger partial charge in [0.15, 0.2) is 0 Å². The van der Waals surface area contributed by atoms with Gasteiger partial charge in [0.25, 0.3) is 0 Å². The van der Waals surface area contributed by atoms with Gasteiger partial charge in [-0.05, 0) is 49.5 Å². The second kappa shape index (κ2) is 10.2. The summed E-state index contributed by atoms with van der Waals surface area (Å²) in [4.78, 5) is 11.6. The largest absolute Gasteiger partial charge is 0.298 e. The summed E-state index contributed by atoms with van der Waals surface area (Å²) >= 11 is 0. The first-order chi connectivity index (χ1) is 13.4. The summed E-state index contributed by atoms with van der Waals surface area (Å²) in [5, 5.41) is 0. The Labute approximate surface area is 168 Å². The summed E-state index contributed by atoms with van der Waals surface area (Å²) in [5.74, 6) is 0. The molecule has 2 aromatic rings. The molecule has 3 nitrogen and oxygen atoms in total. The van der Waals surface area contributed by atoms with Crippen molar-refractivity contribution in [2.24, 2.45) is 0 Å². The summed E-state index contributed by atoms with van der Waals surface area (Å²) in [6, 6.07) is 13.7. The Morgan fingerprint density at radius 2 is 1.64 bits per heavy atom. The molecule has 0 spiro atoms. The molecule has 0 radical (unpaired) electrons. The van der Waals surface area contributed by atoms with Crippen LogP contribution in [-0.4, -0.2) is 14.7 Å². The van der Waals surface area contributed by atoms with Gasteiger partial charge < -0.3 is 0 Å². The van der Waals surface area contributed by atoms with E-state index in [9.17, 15) is 13.2 Å². The molecule has 148 valence electrons. The highest BCUT2D eigenvalue weighted by Crippen LogP contribution is 2.34. The first-order valence-corrected chi connectivity index (χ1v) is 11.1. The lowest BCUT2D eigenvalue weighted by atomic mass is 10.0. The first-order valence-electron chi connectivity index (χ1n) is 9.64. The van der Waals surface area contributed by atoms with Crippen molar-refractivity contribution in [1.82, 2.24) is 0 Å². The van der Waals surface area contributed by atoms with E-state index in [-0.39, 0.29) is 4.90 Å². The number of aryl methyl sites for hydroxylation is 1. The zero-order valence-electron chi connectivity index (χ0n) is 16.6. The molecule has 0 unspecified atom stereocenters. The Hall–Kier alpha value is -2.46. The lowest BCUT2D eigenvalue weighted by molar-refractivity contribution is 0.112. The molecular weight excluding hydrogens is 368 g/mol. The topological polar surface area (TPSA) is 51.2 Å². The third-order valence-electron chi connectivity index (χ3n) is 4.70. The number of carbonyl (C=O) groups is 1. The second-order valence-corrected chi connectivity index (χ2v) is 8.83. The van der Waals surface area contributed by atoms with Crippen molar-refractivity contribution >= 4 is 21.0 Å². The van der Waals surface area contributed by atoms with Crippen molar-refractivity contribution in [3.05, 3.63) is 83.4 Å². The van der Waals surface area contributed by atoms with E-state index in [0.717, 1.165) is 36.7 Å². The average Bonchev–Trinajstić information content (AvgIpc) is 2.69. The smallest absolute Gasteiger partial charge is 0.207 e. The molecule has 0 aromatic heterocycles. The van der Waals surface area contributed by atoms with E-state index in [2.05, 4.69) is 13.5 Å². The standard InChI is InChI=1S/C24H28O3S/c1-4-6-7-9-21(8-5-2)24(22-14-12-20(18-25)13-15-22)28(26,27)23-16-10-19(3)11-17-23/h5,10-18H,2,4,6-9H2,1,3H3/b24-21-. The normalized spacial score (nSPS) is 12.4. The SMILES string of the molecule is C=CC/C(CCCCC)=C(\c1ccc(C=O)cc1)S(=O)(=O)c1ccc(C)cc1. The Morgan fingerprint density at radius 1 is 1.00 bits per heavy atom. The zero-order chi connectivity index (χ0) is 20.6. The summed E-state index contributed by atoms with van der Waals surface area (Å²) < 4.78 is 27.2. The van der Waals surface area contributed by atoms with E-state index in [0.29, 0.717) is 28.9 Å². The molecular formula is C24H28O3S. The van der Waals surface area contributed by atoms with E-state index in [1.54, 1.807) is 42.5 Å². The van der Waals surface area contributed by atoms with Crippen molar-refractivity contribution < 1.29 is 13.2 Å². The highest BCUT2D eigenvalue weighted by molar-refractivity contribution is 8.00. The summed E-state index contributed by atoms with van der Waals surface area (Å²) in [7, 11) is -3.71. The fourth-order valence-corrected chi connectivity index (χ4v) is 4.91. The van der Waals surface area contributed by atoms with Crippen molar-refractivity contribution in [1.29, 1.82) is 0 Å². The average molecular weight is 397 g/mol. The Bertz CT molecular complexity index is 934. The first kappa shape index (κ1) is 21.8. The molecule has 0 aliphatic heterocycles. The van der Waals surface area contributed by atoms with Gasteiger partial charge in [0.1, 0.15) is 6.29 Å². The predicted molar refractivity (Wildman–Crippen MR) is 116 cm³/mol. The van der Waals surface area contributed by atoms with Gasteiger partial charge in [-0.25, -0.2) is 8.42 Å². The van der Waals surface area contributed by atoms with Crippen LogP contribution in [0, 0.1) is 6.92 Å². The minimum absolute atomic E-state index is 0.282.